The second-order valence-electron chi connectivity index (χ2n) is 2.83. The molecule has 0 amide bonds. The van der Waals surface area contributed by atoms with E-state index in [9.17, 15) is 13.6 Å². The Morgan fingerprint density at radius 3 is 2.41 bits per heavy atom. The predicted molar refractivity (Wildman–Crippen MR) is 63.4 cm³/mol. The van der Waals surface area contributed by atoms with Gasteiger partial charge in [0.2, 0.25) is 0 Å². The summed E-state index contributed by atoms with van der Waals surface area (Å²) >= 11 is 0. The summed E-state index contributed by atoms with van der Waals surface area (Å²) < 4.78 is 26.2. The molecule has 0 spiro atoms. The van der Waals surface area contributed by atoms with Crippen LogP contribution in [0.4, 0.5) is 8.78 Å². The SMILES string of the molecule is O=[C-]c1cc2c(F)cc(F)c(P)c2[nH]1.[CH2-]C.[U+2]. The van der Waals surface area contributed by atoms with E-state index in [1.165, 1.54) is 6.07 Å². The molecule has 0 aliphatic rings. The van der Waals surface area contributed by atoms with Crippen LogP contribution in [0.2, 0.25) is 0 Å². The number of H-pyrrole nitrogens is 1. The van der Waals surface area contributed by atoms with Crippen molar-refractivity contribution in [2.75, 3.05) is 0 Å². The number of aromatic nitrogens is 1. The predicted octanol–water partition coefficient (Wildman–Crippen LogP) is 2.24. The van der Waals surface area contributed by atoms with Crippen molar-refractivity contribution in [2.45, 2.75) is 6.92 Å². The molecule has 1 aromatic heterocycles. The van der Waals surface area contributed by atoms with Crippen LogP contribution in [0.15, 0.2) is 12.1 Å². The topological polar surface area (TPSA) is 32.9 Å². The molecule has 1 aromatic carbocycles. The van der Waals surface area contributed by atoms with E-state index in [4.69, 9.17) is 0 Å². The van der Waals surface area contributed by atoms with Crippen molar-refractivity contribution < 1.29 is 44.7 Å². The second kappa shape index (κ2) is 7.26. The van der Waals surface area contributed by atoms with Crippen LogP contribution < -0.4 is 5.30 Å². The average molecular weight is 479 g/mol. The summed E-state index contributed by atoms with van der Waals surface area (Å²) in [7, 11) is 2.16. The van der Waals surface area contributed by atoms with Gasteiger partial charge in [0.1, 0.15) is 11.6 Å². The molecule has 2 nitrogen and oxygen atoms in total. The Kier molecular flexibility index (Phi) is 7.16. The molecular formula is C11H10F2NOPU. The van der Waals surface area contributed by atoms with Crippen molar-refractivity contribution in [3.05, 3.63) is 36.4 Å². The monoisotopic (exact) mass is 479 g/mol. The molecule has 0 aliphatic carbocycles. The van der Waals surface area contributed by atoms with Crippen LogP contribution in [0.5, 0.6) is 0 Å². The Labute approximate surface area is 124 Å². The second-order valence-corrected chi connectivity index (χ2v) is 3.40. The first kappa shape index (κ1) is 16.8. The molecule has 2 rings (SSSR count). The third-order valence-electron chi connectivity index (χ3n) is 1.97. The molecule has 6 heteroatoms. The first-order valence-electron chi connectivity index (χ1n) is 4.48. The van der Waals surface area contributed by atoms with E-state index in [-0.39, 0.29) is 53.0 Å². The van der Waals surface area contributed by atoms with Crippen LogP contribution in [0, 0.1) is 49.7 Å². The maximum Gasteiger partial charge on any atom is 2.00 e. The van der Waals surface area contributed by atoms with Crippen LogP contribution in [0.1, 0.15) is 12.6 Å². The molecule has 1 atom stereocenters. The summed E-state index contributed by atoms with van der Waals surface area (Å²) in [5.74, 6) is -1.36. The summed E-state index contributed by atoms with van der Waals surface area (Å²) in [5.41, 5.74) is 0.374. The van der Waals surface area contributed by atoms with Crippen LogP contribution in [0.3, 0.4) is 0 Å². The number of fused-ring (bicyclic) bond motifs is 1. The number of benzene rings is 1. The first-order chi connectivity index (χ1) is 7.63. The normalized spacial score (nSPS) is 9.24. The standard InChI is InChI=1S/C9H5F2NOP.C2H5.U/c10-6-2-7(11)9(14)8-5(6)1-4(3-13)12-8;1-2;/h1-2,12H,14H2;1H2,2H3;/q2*-1;+2. The molecule has 0 aliphatic heterocycles. The van der Waals surface area contributed by atoms with E-state index in [0.29, 0.717) is 0 Å². The quantitative estimate of drug-likeness (QED) is 0.495. The number of aromatic amines is 1. The Morgan fingerprint density at radius 2 is 1.88 bits per heavy atom. The van der Waals surface area contributed by atoms with Gasteiger partial charge in [-0.15, -0.1) is 9.24 Å². The van der Waals surface area contributed by atoms with E-state index in [0.717, 1.165) is 6.07 Å². The zero-order valence-electron chi connectivity index (χ0n) is 9.10. The number of hydrogen-bond donors (Lipinski definition) is 1. The Morgan fingerprint density at radius 1 is 1.29 bits per heavy atom. The van der Waals surface area contributed by atoms with Crippen molar-refractivity contribution in [1.82, 2.24) is 4.98 Å². The molecule has 1 N–H and O–H groups in total. The molecule has 2 aromatic rings. The number of nitrogens with one attached hydrogen (secondary N) is 1. The van der Waals surface area contributed by atoms with E-state index in [2.05, 4.69) is 21.1 Å². The van der Waals surface area contributed by atoms with Crippen molar-refractivity contribution in [2.24, 2.45) is 0 Å². The molecular weight excluding hydrogens is 469 g/mol. The maximum absolute atomic E-state index is 13.2. The third-order valence-corrected chi connectivity index (χ3v) is 2.53. The van der Waals surface area contributed by atoms with Gasteiger partial charge in [0.05, 0.1) is 0 Å². The molecule has 1 heterocycles. The Bertz CT molecular complexity index is 528. The molecule has 17 heavy (non-hydrogen) atoms. The van der Waals surface area contributed by atoms with Crippen molar-refractivity contribution in [3.63, 3.8) is 0 Å². The molecule has 0 saturated carbocycles. The summed E-state index contributed by atoms with van der Waals surface area (Å²) in [6, 6.07) is 2.08. The zero-order chi connectivity index (χ0) is 12.3. The van der Waals surface area contributed by atoms with Crippen molar-refractivity contribution in [3.8, 4) is 0 Å². The Balaban J connectivity index is 0.000000811. The molecule has 1 unspecified atom stereocenters. The van der Waals surface area contributed by atoms with Gasteiger partial charge in [0.25, 0.3) is 0 Å². The maximum atomic E-state index is 13.2. The smallest absolute Gasteiger partial charge is 0.417 e. The van der Waals surface area contributed by atoms with E-state index in [1.54, 1.807) is 13.2 Å². The molecule has 0 radical (unpaired) electrons. The van der Waals surface area contributed by atoms with Gasteiger partial charge in [-0.2, -0.15) is 13.0 Å². The first-order valence-corrected chi connectivity index (χ1v) is 5.06. The van der Waals surface area contributed by atoms with Gasteiger partial charge in [-0.25, -0.2) is 8.78 Å². The average Bonchev–Trinajstić information content (AvgIpc) is 2.73. The van der Waals surface area contributed by atoms with Crippen LogP contribution >= 0.6 is 9.24 Å². The van der Waals surface area contributed by atoms with E-state index >= 15 is 0 Å². The molecule has 0 bridgehead atoms. The van der Waals surface area contributed by atoms with Gasteiger partial charge in [0, 0.05) is 23.2 Å². The van der Waals surface area contributed by atoms with Gasteiger partial charge >= 0.3 is 31.1 Å². The van der Waals surface area contributed by atoms with Gasteiger partial charge in [-0.05, 0) is 5.39 Å². The van der Waals surface area contributed by atoms with Gasteiger partial charge < -0.3 is 16.7 Å². The molecule has 88 valence electrons. The minimum atomic E-state index is -0.693. The fourth-order valence-electron chi connectivity index (χ4n) is 1.30. The van der Waals surface area contributed by atoms with Crippen molar-refractivity contribution >= 4 is 31.7 Å². The van der Waals surface area contributed by atoms with Gasteiger partial charge in [0.15, 0.2) is 0 Å². The van der Waals surface area contributed by atoms with Gasteiger partial charge in [-0.1, -0.05) is 5.69 Å². The summed E-state index contributed by atoms with van der Waals surface area (Å²) in [4.78, 5) is 12.9. The minimum absolute atomic E-state index is 0. The number of carbonyl (C=O) groups excluding carboxylic acids is 1. The van der Waals surface area contributed by atoms with Gasteiger partial charge in [-0.3, -0.25) is 0 Å². The molecule has 0 saturated heterocycles. The van der Waals surface area contributed by atoms with E-state index < -0.39 is 11.6 Å². The third kappa shape index (κ3) is 3.37. The number of halogens is 2. The van der Waals surface area contributed by atoms with Crippen LogP contribution in [-0.4, -0.2) is 11.3 Å². The van der Waals surface area contributed by atoms with Crippen molar-refractivity contribution in [1.29, 1.82) is 0 Å². The largest absolute Gasteiger partial charge is 2.00 e. The Hall–Kier alpha value is -0.228. The fraction of sp³-hybridized carbons (Fsp3) is 0.0909. The zero-order valence-corrected chi connectivity index (χ0v) is 14.4. The number of rotatable bonds is 1. The number of hydrogen-bond acceptors (Lipinski definition) is 1. The van der Waals surface area contributed by atoms with E-state index in [1.807, 2.05) is 0 Å². The summed E-state index contributed by atoms with van der Waals surface area (Å²) in [5, 5.41) is 0.401. The molecule has 0 fully saturated rings. The van der Waals surface area contributed by atoms with Crippen LogP contribution in [-0.2, 0) is 4.79 Å². The summed E-state index contributed by atoms with van der Waals surface area (Å²) in [6.07, 6.45) is 1.59. The minimum Gasteiger partial charge on any atom is -0.417 e. The fourth-order valence-corrected chi connectivity index (χ4v) is 1.61. The van der Waals surface area contributed by atoms with Crippen LogP contribution in [0.25, 0.3) is 10.9 Å². The summed E-state index contributed by atoms with van der Waals surface area (Å²) in [6.45, 7) is 5.00.